The van der Waals surface area contributed by atoms with Crippen LogP contribution in [0.1, 0.15) is 38.5 Å². The summed E-state index contributed by atoms with van der Waals surface area (Å²) in [5.74, 6) is 1.36. The van der Waals surface area contributed by atoms with Gasteiger partial charge in [0.1, 0.15) is 5.84 Å². The topological polar surface area (TPSA) is 65.8 Å². The Morgan fingerprint density at radius 3 is 2.80 bits per heavy atom. The van der Waals surface area contributed by atoms with Crippen molar-refractivity contribution in [2.75, 3.05) is 18.8 Å². The van der Waals surface area contributed by atoms with Crippen LogP contribution >= 0.6 is 11.8 Å². The van der Waals surface area contributed by atoms with Gasteiger partial charge in [-0.3, -0.25) is 9.79 Å². The van der Waals surface area contributed by atoms with E-state index < -0.39 is 0 Å². The maximum Gasteiger partial charge on any atom is 0.238 e. The highest BCUT2D eigenvalue weighted by molar-refractivity contribution is 8.00. The van der Waals surface area contributed by atoms with E-state index in [0.29, 0.717) is 11.3 Å². The van der Waals surface area contributed by atoms with Crippen molar-refractivity contribution in [2.45, 2.75) is 49.8 Å². The predicted octanol–water partition coefficient (Wildman–Crippen LogP) is 2.45. The van der Waals surface area contributed by atoms with Gasteiger partial charge < -0.3 is 10.6 Å². The third-order valence-corrected chi connectivity index (χ3v) is 6.67. The summed E-state index contributed by atoms with van der Waals surface area (Å²) in [7, 11) is 0. The first-order valence-corrected chi connectivity index (χ1v) is 10.5. The predicted molar refractivity (Wildman–Crippen MR) is 104 cm³/mol. The molecule has 1 amide bonds. The molecule has 0 radical (unpaired) electrons. The van der Waals surface area contributed by atoms with Crippen LogP contribution in [0.5, 0.6) is 0 Å². The van der Waals surface area contributed by atoms with E-state index in [2.05, 4.69) is 10.6 Å². The molecule has 2 heterocycles. The molecule has 4 rings (SSSR count). The molecule has 1 atom stereocenters. The molecule has 1 saturated heterocycles. The van der Waals surface area contributed by atoms with Crippen LogP contribution in [0.25, 0.3) is 0 Å². The fourth-order valence-corrected chi connectivity index (χ4v) is 4.96. The number of aliphatic imine (C=N–C) groups is 2. The smallest absolute Gasteiger partial charge is 0.238 e. The lowest BCUT2D eigenvalue weighted by Crippen LogP contribution is -2.42. The van der Waals surface area contributed by atoms with Gasteiger partial charge >= 0.3 is 0 Å². The molecule has 2 aliphatic carbocycles. The molecular weight excluding hydrogens is 332 g/mol. The van der Waals surface area contributed by atoms with E-state index in [1.165, 1.54) is 38.5 Å². The van der Waals surface area contributed by atoms with E-state index in [1.54, 1.807) is 0 Å². The van der Waals surface area contributed by atoms with Gasteiger partial charge in [0.15, 0.2) is 0 Å². The molecule has 25 heavy (non-hydrogen) atoms. The van der Waals surface area contributed by atoms with Gasteiger partial charge in [-0.25, -0.2) is 4.99 Å². The highest BCUT2D eigenvalue weighted by atomic mass is 32.2. The van der Waals surface area contributed by atoms with Gasteiger partial charge in [-0.2, -0.15) is 11.8 Å². The lowest BCUT2D eigenvalue weighted by molar-refractivity contribution is -0.121. The van der Waals surface area contributed by atoms with Crippen LogP contribution in [0.15, 0.2) is 33.9 Å². The van der Waals surface area contributed by atoms with Crippen molar-refractivity contribution < 1.29 is 4.79 Å². The molecule has 0 aromatic carbocycles. The lowest BCUT2D eigenvalue weighted by Gasteiger charge is -2.26. The van der Waals surface area contributed by atoms with Crippen molar-refractivity contribution in [3.8, 4) is 0 Å². The van der Waals surface area contributed by atoms with Crippen LogP contribution in [0.3, 0.4) is 0 Å². The highest BCUT2D eigenvalue weighted by Crippen LogP contribution is 2.27. The highest BCUT2D eigenvalue weighted by Gasteiger charge is 2.29. The number of piperidine rings is 1. The molecule has 6 heteroatoms. The molecule has 2 aliphatic heterocycles. The third-order valence-electron chi connectivity index (χ3n) is 5.29. The van der Waals surface area contributed by atoms with E-state index >= 15 is 0 Å². The van der Waals surface area contributed by atoms with Crippen LogP contribution in [0.2, 0.25) is 0 Å². The quantitative estimate of drug-likeness (QED) is 0.811. The van der Waals surface area contributed by atoms with Crippen molar-refractivity contribution in [1.29, 1.82) is 0 Å². The number of amides is 1. The fraction of sp³-hybridized carbons (Fsp3) is 0.632. The molecule has 0 spiro atoms. The minimum atomic E-state index is -0.254. The Hall–Kier alpha value is -1.40. The molecule has 4 aliphatic rings. The minimum absolute atomic E-state index is 0.0401. The van der Waals surface area contributed by atoms with Crippen LogP contribution in [0.4, 0.5) is 0 Å². The number of hydrogen-bond donors (Lipinski definition) is 2. The Morgan fingerprint density at radius 2 is 2.00 bits per heavy atom. The molecule has 1 unspecified atom stereocenters. The number of thioether (sulfide) groups is 1. The minimum Gasteiger partial charge on any atom is -0.317 e. The second-order valence-electron chi connectivity index (χ2n) is 7.21. The molecule has 134 valence electrons. The first kappa shape index (κ1) is 17.0. The Bertz CT molecular complexity index is 640. The van der Waals surface area contributed by atoms with E-state index in [-0.39, 0.29) is 11.8 Å². The summed E-state index contributed by atoms with van der Waals surface area (Å²) >= 11 is 1.91. The van der Waals surface area contributed by atoms with Gasteiger partial charge in [0.25, 0.3) is 0 Å². The van der Waals surface area contributed by atoms with Crippen molar-refractivity contribution >= 4 is 29.2 Å². The Labute approximate surface area is 153 Å². The second kappa shape index (κ2) is 7.87. The first-order chi connectivity index (χ1) is 12.3. The summed E-state index contributed by atoms with van der Waals surface area (Å²) in [5, 5.41) is 7.04. The van der Waals surface area contributed by atoms with Gasteiger partial charge in [-0.05, 0) is 50.9 Å². The first-order valence-electron chi connectivity index (χ1n) is 9.46. The molecule has 0 aromatic rings. The molecule has 5 nitrogen and oxygen atoms in total. The largest absolute Gasteiger partial charge is 0.317 e. The zero-order valence-corrected chi connectivity index (χ0v) is 15.4. The molecule has 2 fully saturated rings. The summed E-state index contributed by atoms with van der Waals surface area (Å²) in [4.78, 5) is 22.0. The number of hydrogen-bond acceptors (Lipinski definition) is 5. The number of nitrogens with zero attached hydrogens (tertiary/aromatic N) is 2. The number of fused-ring (bicyclic) bond motifs is 1. The number of amidine groups is 1. The maximum absolute atomic E-state index is 12.4. The van der Waals surface area contributed by atoms with Crippen LogP contribution in [0, 0.1) is 5.92 Å². The average molecular weight is 359 g/mol. The van der Waals surface area contributed by atoms with E-state index in [9.17, 15) is 4.79 Å². The van der Waals surface area contributed by atoms with E-state index in [4.69, 9.17) is 9.98 Å². The van der Waals surface area contributed by atoms with Crippen molar-refractivity contribution in [1.82, 2.24) is 10.6 Å². The number of rotatable bonds is 4. The SMILES string of the molecule is O=C1NC(CSC2CCNCC2)=NC2=CC(=NC3CCCC3)C=CC12. The van der Waals surface area contributed by atoms with E-state index in [1.807, 2.05) is 30.0 Å². The maximum atomic E-state index is 12.4. The zero-order valence-electron chi connectivity index (χ0n) is 14.5. The second-order valence-corrected chi connectivity index (χ2v) is 8.50. The number of carbonyl (C=O) groups excluding carboxylic acids is 1. The average Bonchev–Trinajstić information content (AvgIpc) is 3.14. The van der Waals surface area contributed by atoms with E-state index in [0.717, 1.165) is 36.1 Å². The number of nitrogens with one attached hydrogen (secondary N) is 2. The normalized spacial score (nSPS) is 29.4. The van der Waals surface area contributed by atoms with Gasteiger partial charge in [0, 0.05) is 5.25 Å². The zero-order chi connectivity index (χ0) is 17.1. The molecule has 2 N–H and O–H groups in total. The van der Waals surface area contributed by atoms with Crippen molar-refractivity contribution in [2.24, 2.45) is 15.9 Å². The summed E-state index contributed by atoms with van der Waals surface area (Å²) in [6.07, 6.45) is 13.3. The summed E-state index contributed by atoms with van der Waals surface area (Å²) in [5.41, 5.74) is 1.82. The molecular formula is C19H26N4OS. The Kier molecular flexibility index (Phi) is 5.36. The number of carbonyl (C=O) groups is 1. The fourth-order valence-electron chi connectivity index (χ4n) is 3.86. The monoisotopic (exact) mass is 358 g/mol. The summed E-state index contributed by atoms with van der Waals surface area (Å²) in [6, 6.07) is 0.449. The molecule has 1 saturated carbocycles. The van der Waals surface area contributed by atoms with Crippen LogP contribution in [-0.2, 0) is 4.79 Å². The van der Waals surface area contributed by atoms with Crippen molar-refractivity contribution in [3.63, 3.8) is 0 Å². The summed E-state index contributed by atoms with van der Waals surface area (Å²) < 4.78 is 0. The molecule has 0 aromatic heterocycles. The Morgan fingerprint density at radius 1 is 1.20 bits per heavy atom. The summed E-state index contributed by atoms with van der Waals surface area (Å²) in [6.45, 7) is 2.19. The van der Waals surface area contributed by atoms with Crippen LogP contribution < -0.4 is 10.6 Å². The van der Waals surface area contributed by atoms with Crippen LogP contribution in [-0.4, -0.2) is 47.6 Å². The van der Waals surface area contributed by atoms with Gasteiger partial charge in [0.05, 0.1) is 29.1 Å². The third kappa shape index (κ3) is 4.23. The number of allylic oxidation sites excluding steroid dienone is 2. The molecule has 0 bridgehead atoms. The standard InChI is InChI=1S/C19H26N4OS/c24-19-16-6-5-14(21-13-3-1-2-4-13)11-17(16)22-18(23-19)12-25-15-7-9-20-10-8-15/h5-6,11,13,15-16,20H,1-4,7-10,12H2,(H,22,23,24). The lowest BCUT2D eigenvalue weighted by atomic mass is 9.96. The van der Waals surface area contributed by atoms with Gasteiger partial charge in [-0.15, -0.1) is 0 Å². The Balaban J connectivity index is 1.44. The van der Waals surface area contributed by atoms with Gasteiger partial charge in [0.2, 0.25) is 5.91 Å². The van der Waals surface area contributed by atoms with Crippen molar-refractivity contribution in [3.05, 3.63) is 23.9 Å². The van der Waals surface area contributed by atoms with Gasteiger partial charge in [-0.1, -0.05) is 18.9 Å².